The third-order valence-electron chi connectivity index (χ3n) is 4.94. The van der Waals surface area contributed by atoms with E-state index >= 15 is 0 Å². The van der Waals surface area contributed by atoms with E-state index in [1.54, 1.807) is 6.33 Å². The fourth-order valence-electron chi connectivity index (χ4n) is 3.47. The Morgan fingerprint density at radius 1 is 1.23 bits per heavy atom. The summed E-state index contributed by atoms with van der Waals surface area (Å²) in [7, 11) is 0. The van der Waals surface area contributed by atoms with Crippen LogP contribution in [0.4, 0.5) is 11.5 Å². The van der Waals surface area contributed by atoms with Crippen LogP contribution in [0.5, 0.6) is 0 Å². The van der Waals surface area contributed by atoms with E-state index in [2.05, 4.69) is 26.4 Å². The molecule has 1 aromatic carbocycles. The number of anilines is 2. The molecular weight excluding hydrogens is 328 g/mol. The molecule has 2 aromatic heterocycles. The normalized spacial score (nSPS) is 16.2. The molecular formula is C19H24N6O. The van der Waals surface area contributed by atoms with Crippen LogP contribution >= 0.6 is 0 Å². The van der Waals surface area contributed by atoms with E-state index in [9.17, 15) is 5.11 Å². The maximum Gasteiger partial charge on any atom is 0.158 e. The lowest BCUT2D eigenvalue weighted by atomic mass is 10.1. The fourth-order valence-corrected chi connectivity index (χ4v) is 3.47. The molecule has 1 aliphatic rings. The van der Waals surface area contributed by atoms with E-state index in [1.165, 1.54) is 5.56 Å². The standard InChI is InChI=1S/C19H24N6O/c20-16-5-7-24(8-6-16)11-15-4-9-25-18(15)19(21-13-22-25)23-17-3-1-2-14(10-17)12-26/h1-4,9-10,13,16,26H,5-8,11-12,20H2,(H,21,22,23). The first-order chi connectivity index (χ1) is 12.7. The third kappa shape index (κ3) is 3.55. The van der Waals surface area contributed by atoms with Crippen molar-refractivity contribution in [2.24, 2.45) is 5.73 Å². The summed E-state index contributed by atoms with van der Waals surface area (Å²) in [6, 6.07) is 10.1. The molecule has 0 unspecified atom stereocenters. The van der Waals surface area contributed by atoms with Crippen LogP contribution in [0.25, 0.3) is 5.52 Å². The number of nitrogens with two attached hydrogens (primary N) is 1. The van der Waals surface area contributed by atoms with Gasteiger partial charge >= 0.3 is 0 Å². The highest BCUT2D eigenvalue weighted by Crippen LogP contribution is 2.25. The van der Waals surface area contributed by atoms with Gasteiger partial charge in [0.15, 0.2) is 5.82 Å². The van der Waals surface area contributed by atoms with E-state index in [1.807, 2.05) is 35.0 Å². The number of aromatic nitrogens is 3. The lowest BCUT2D eigenvalue weighted by Crippen LogP contribution is -2.39. The van der Waals surface area contributed by atoms with Crippen molar-refractivity contribution in [1.29, 1.82) is 0 Å². The quantitative estimate of drug-likeness (QED) is 0.649. The second-order valence-electron chi connectivity index (χ2n) is 6.84. The monoisotopic (exact) mass is 352 g/mol. The number of nitrogens with one attached hydrogen (secondary N) is 1. The molecule has 0 radical (unpaired) electrons. The molecule has 1 saturated heterocycles. The van der Waals surface area contributed by atoms with Crippen LogP contribution in [0.1, 0.15) is 24.0 Å². The summed E-state index contributed by atoms with van der Waals surface area (Å²) in [6.07, 6.45) is 5.61. The number of fused-ring (bicyclic) bond motifs is 1. The molecule has 0 bridgehead atoms. The van der Waals surface area contributed by atoms with Crippen LogP contribution in [-0.4, -0.2) is 43.7 Å². The van der Waals surface area contributed by atoms with Gasteiger partial charge < -0.3 is 16.2 Å². The predicted octanol–water partition coefficient (Wildman–Crippen LogP) is 1.89. The zero-order chi connectivity index (χ0) is 17.9. The summed E-state index contributed by atoms with van der Waals surface area (Å²) in [5, 5.41) is 17.0. The summed E-state index contributed by atoms with van der Waals surface area (Å²) in [6.45, 7) is 2.92. The van der Waals surface area contributed by atoms with Crippen molar-refractivity contribution >= 4 is 17.0 Å². The van der Waals surface area contributed by atoms with E-state index in [4.69, 9.17) is 5.73 Å². The highest BCUT2D eigenvalue weighted by molar-refractivity contribution is 5.76. The Balaban J connectivity index is 1.61. The number of hydrogen-bond donors (Lipinski definition) is 3. The van der Waals surface area contributed by atoms with Crippen molar-refractivity contribution in [2.75, 3.05) is 18.4 Å². The van der Waals surface area contributed by atoms with Crippen molar-refractivity contribution in [1.82, 2.24) is 19.5 Å². The summed E-state index contributed by atoms with van der Waals surface area (Å²) >= 11 is 0. The number of aliphatic hydroxyl groups is 1. The van der Waals surface area contributed by atoms with Crippen LogP contribution in [0.3, 0.4) is 0 Å². The molecule has 0 atom stereocenters. The third-order valence-corrected chi connectivity index (χ3v) is 4.94. The van der Waals surface area contributed by atoms with Gasteiger partial charge in [-0.1, -0.05) is 12.1 Å². The topological polar surface area (TPSA) is 91.7 Å². The molecule has 7 heteroatoms. The van der Waals surface area contributed by atoms with E-state index < -0.39 is 0 Å². The van der Waals surface area contributed by atoms with Gasteiger partial charge in [-0.2, -0.15) is 5.10 Å². The lowest BCUT2D eigenvalue weighted by molar-refractivity contribution is 0.206. The zero-order valence-electron chi connectivity index (χ0n) is 14.7. The molecule has 0 spiro atoms. The molecule has 26 heavy (non-hydrogen) atoms. The molecule has 1 fully saturated rings. The van der Waals surface area contributed by atoms with E-state index in [0.717, 1.165) is 55.1 Å². The predicted molar refractivity (Wildman–Crippen MR) is 101 cm³/mol. The Labute approximate surface area is 152 Å². The summed E-state index contributed by atoms with van der Waals surface area (Å²) in [5.74, 6) is 0.767. The Bertz CT molecular complexity index is 885. The molecule has 0 saturated carbocycles. The number of nitrogens with zero attached hydrogens (tertiary/aromatic N) is 4. The minimum Gasteiger partial charge on any atom is -0.392 e. The van der Waals surface area contributed by atoms with Crippen molar-refractivity contribution in [3.8, 4) is 0 Å². The van der Waals surface area contributed by atoms with Crippen molar-refractivity contribution < 1.29 is 5.11 Å². The molecule has 1 aliphatic heterocycles. The number of hydrogen-bond acceptors (Lipinski definition) is 6. The van der Waals surface area contributed by atoms with Gasteiger partial charge in [0.25, 0.3) is 0 Å². The molecule has 4 N–H and O–H groups in total. The lowest BCUT2D eigenvalue weighted by Gasteiger charge is -2.29. The molecule has 0 amide bonds. The maximum absolute atomic E-state index is 9.34. The summed E-state index contributed by atoms with van der Waals surface area (Å²) in [4.78, 5) is 6.88. The van der Waals surface area contributed by atoms with Gasteiger partial charge in [-0.3, -0.25) is 4.90 Å². The first-order valence-corrected chi connectivity index (χ1v) is 8.99. The summed E-state index contributed by atoms with van der Waals surface area (Å²) < 4.78 is 1.86. The molecule has 3 heterocycles. The Morgan fingerprint density at radius 3 is 2.88 bits per heavy atom. The smallest absolute Gasteiger partial charge is 0.158 e. The van der Waals surface area contributed by atoms with Crippen LogP contribution in [-0.2, 0) is 13.2 Å². The SMILES string of the molecule is NC1CCN(Cc2ccn3ncnc(Nc4cccc(CO)c4)c23)CC1. The number of piperidine rings is 1. The van der Waals surface area contributed by atoms with Crippen LogP contribution in [0, 0.1) is 0 Å². The molecule has 0 aliphatic carbocycles. The Hall–Kier alpha value is -2.48. The van der Waals surface area contributed by atoms with Gasteiger partial charge in [-0.25, -0.2) is 9.50 Å². The van der Waals surface area contributed by atoms with Crippen LogP contribution < -0.4 is 11.1 Å². The maximum atomic E-state index is 9.34. The van der Waals surface area contributed by atoms with Crippen LogP contribution in [0.15, 0.2) is 42.9 Å². The van der Waals surface area contributed by atoms with Crippen molar-refractivity contribution in [3.05, 3.63) is 54.0 Å². The van der Waals surface area contributed by atoms with Gasteiger partial charge in [0, 0.05) is 24.5 Å². The second kappa shape index (κ2) is 7.41. The van der Waals surface area contributed by atoms with Crippen molar-refractivity contribution in [3.63, 3.8) is 0 Å². The Morgan fingerprint density at radius 2 is 2.08 bits per heavy atom. The van der Waals surface area contributed by atoms with Gasteiger partial charge in [0.2, 0.25) is 0 Å². The minimum atomic E-state index is 0.0161. The largest absolute Gasteiger partial charge is 0.392 e. The first kappa shape index (κ1) is 17.0. The van der Waals surface area contributed by atoms with E-state index in [-0.39, 0.29) is 6.61 Å². The molecule has 4 rings (SSSR count). The van der Waals surface area contributed by atoms with Gasteiger partial charge in [0.05, 0.1) is 6.61 Å². The molecule has 3 aromatic rings. The average Bonchev–Trinajstić information content (AvgIpc) is 3.08. The summed E-state index contributed by atoms with van der Waals surface area (Å²) in [5.41, 5.74) is 9.95. The molecule has 136 valence electrons. The average molecular weight is 352 g/mol. The van der Waals surface area contributed by atoms with Crippen LogP contribution in [0.2, 0.25) is 0 Å². The fraction of sp³-hybridized carbons (Fsp3) is 0.368. The second-order valence-corrected chi connectivity index (χ2v) is 6.84. The van der Waals surface area contributed by atoms with Gasteiger partial charge in [-0.05, 0) is 55.3 Å². The number of aliphatic hydroxyl groups excluding tert-OH is 1. The zero-order valence-corrected chi connectivity index (χ0v) is 14.7. The molecule has 7 nitrogen and oxygen atoms in total. The minimum absolute atomic E-state index is 0.0161. The first-order valence-electron chi connectivity index (χ1n) is 8.99. The van der Waals surface area contributed by atoms with Gasteiger partial charge in [-0.15, -0.1) is 0 Å². The van der Waals surface area contributed by atoms with Gasteiger partial charge in [0.1, 0.15) is 11.8 Å². The number of rotatable bonds is 5. The highest BCUT2D eigenvalue weighted by atomic mass is 16.3. The highest BCUT2D eigenvalue weighted by Gasteiger charge is 2.18. The van der Waals surface area contributed by atoms with Crippen molar-refractivity contribution in [2.45, 2.75) is 32.0 Å². The van der Waals surface area contributed by atoms with E-state index in [0.29, 0.717) is 6.04 Å². The Kier molecular flexibility index (Phi) is 4.83. The number of likely N-dealkylation sites (tertiary alicyclic amines) is 1. The number of benzene rings is 1.